The van der Waals surface area contributed by atoms with Crippen LogP contribution in [0, 0.1) is 0 Å². The maximum atomic E-state index is 11.5. The fraction of sp³-hybridized carbons (Fsp3) is 0.500. The van der Waals surface area contributed by atoms with Gasteiger partial charge in [-0.2, -0.15) is 0 Å². The molecule has 1 aliphatic heterocycles. The molecule has 1 aromatic rings. The van der Waals surface area contributed by atoms with Gasteiger partial charge in [-0.15, -0.1) is 0 Å². The van der Waals surface area contributed by atoms with Crippen molar-refractivity contribution in [3.8, 4) is 0 Å². The van der Waals surface area contributed by atoms with Crippen molar-refractivity contribution in [1.29, 1.82) is 0 Å². The molecule has 0 aromatic heterocycles. The van der Waals surface area contributed by atoms with E-state index in [2.05, 4.69) is 18.7 Å². The number of morpholine rings is 1. The van der Waals surface area contributed by atoms with Crippen LogP contribution < -0.4 is 10.6 Å². The molecule has 1 aliphatic rings. The predicted octanol–water partition coefficient (Wildman–Crippen LogP) is 2.08. The van der Waals surface area contributed by atoms with Gasteiger partial charge in [-0.3, -0.25) is 4.79 Å². The highest BCUT2D eigenvalue weighted by atomic mass is 16.5. The number of carbonyl (C=O) groups is 1. The first kappa shape index (κ1) is 12.9. The summed E-state index contributed by atoms with van der Waals surface area (Å²) in [5.74, 6) is 0.00343. The molecule has 2 atom stereocenters. The fourth-order valence-electron chi connectivity index (χ4n) is 2.43. The van der Waals surface area contributed by atoms with Crippen molar-refractivity contribution < 1.29 is 9.53 Å². The Morgan fingerprint density at radius 1 is 1.33 bits per heavy atom. The first-order chi connectivity index (χ1) is 8.47. The summed E-state index contributed by atoms with van der Waals surface area (Å²) in [5.41, 5.74) is 7.99. The lowest BCUT2D eigenvalue weighted by Crippen LogP contribution is -2.45. The van der Waals surface area contributed by atoms with E-state index in [9.17, 15) is 4.79 Å². The number of anilines is 2. The lowest BCUT2D eigenvalue weighted by atomic mass is 10.1. The van der Waals surface area contributed by atoms with Gasteiger partial charge < -0.3 is 15.4 Å². The molecule has 1 aromatic carbocycles. The number of nitrogens with two attached hydrogens (primary N) is 1. The van der Waals surface area contributed by atoms with Gasteiger partial charge in [0.25, 0.3) is 0 Å². The second kappa shape index (κ2) is 4.98. The van der Waals surface area contributed by atoms with Crippen LogP contribution in [0.25, 0.3) is 0 Å². The van der Waals surface area contributed by atoms with Gasteiger partial charge in [-0.05, 0) is 39.0 Å². The minimum Gasteiger partial charge on any atom is -0.398 e. The summed E-state index contributed by atoms with van der Waals surface area (Å²) in [6, 6.07) is 5.64. The Hall–Kier alpha value is -1.55. The molecule has 0 bridgehead atoms. The number of ether oxygens (including phenoxy) is 1. The van der Waals surface area contributed by atoms with E-state index in [1.54, 1.807) is 13.0 Å². The third kappa shape index (κ3) is 2.64. The number of hydrogen-bond donors (Lipinski definition) is 1. The molecule has 2 unspecified atom stereocenters. The number of benzene rings is 1. The highest BCUT2D eigenvalue weighted by molar-refractivity contribution is 6.00. The minimum atomic E-state index is 0.00343. The number of Topliss-reactive ketones (excluding diaryl/α,β-unsaturated/α-hetero) is 1. The quantitative estimate of drug-likeness (QED) is 0.643. The number of nitrogens with zero attached hydrogens (tertiary/aromatic N) is 1. The molecule has 1 fully saturated rings. The fourth-order valence-corrected chi connectivity index (χ4v) is 2.43. The Kier molecular flexibility index (Phi) is 3.57. The highest BCUT2D eigenvalue weighted by Gasteiger charge is 2.23. The topological polar surface area (TPSA) is 55.6 Å². The van der Waals surface area contributed by atoms with Crippen LogP contribution in [-0.2, 0) is 4.74 Å². The number of ketones is 1. The van der Waals surface area contributed by atoms with E-state index in [1.807, 2.05) is 12.1 Å². The molecule has 1 heterocycles. The molecular formula is C14H20N2O2. The Morgan fingerprint density at radius 2 is 1.94 bits per heavy atom. The summed E-state index contributed by atoms with van der Waals surface area (Å²) in [6.45, 7) is 7.34. The molecule has 0 amide bonds. The average molecular weight is 248 g/mol. The number of rotatable bonds is 2. The van der Waals surface area contributed by atoms with Crippen molar-refractivity contribution >= 4 is 17.2 Å². The minimum absolute atomic E-state index is 0.00343. The molecule has 4 nitrogen and oxygen atoms in total. The molecule has 0 spiro atoms. The van der Waals surface area contributed by atoms with Crippen LogP contribution in [0.2, 0.25) is 0 Å². The molecule has 2 rings (SSSR count). The summed E-state index contributed by atoms with van der Waals surface area (Å²) >= 11 is 0. The van der Waals surface area contributed by atoms with E-state index in [-0.39, 0.29) is 18.0 Å². The molecule has 0 radical (unpaired) electrons. The van der Waals surface area contributed by atoms with Crippen LogP contribution >= 0.6 is 0 Å². The van der Waals surface area contributed by atoms with E-state index in [1.165, 1.54) is 0 Å². The first-order valence-corrected chi connectivity index (χ1v) is 6.28. The summed E-state index contributed by atoms with van der Waals surface area (Å²) in [7, 11) is 0. The highest BCUT2D eigenvalue weighted by Crippen LogP contribution is 2.24. The third-order valence-corrected chi connectivity index (χ3v) is 3.20. The second-order valence-corrected chi connectivity index (χ2v) is 4.99. The van der Waals surface area contributed by atoms with Gasteiger partial charge >= 0.3 is 0 Å². The van der Waals surface area contributed by atoms with Crippen LogP contribution in [0.4, 0.5) is 11.4 Å². The van der Waals surface area contributed by atoms with E-state index < -0.39 is 0 Å². The van der Waals surface area contributed by atoms with Gasteiger partial charge in [-0.25, -0.2) is 0 Å². The SMILES string of the molecule is CC(=O)c1cc(N2CC(C)OC(C)C2)ccc1N. The van der Waals surface area contributed by atoms with Crippen LogP contribution in [0.1, 0.15) is 31.1 Å². The zero-order valence-electron chi connectivity index (χ0n) is 11.1. The number of hydrogen-bond acceptors (Lipinski definition) is 4. The maximum Gasteiger partial charge on any atom is 0.161 e. The van der Waals surface area contributed by atoms with Crippen LogP contribution in [-0.4, -0.2) is 31.1 Å². The first-order valence-electron chi connectivity index (χ1n) is 6.28. The van der Waals surface area contributed by atoms with Gasteiger partial charge in [0.05, 0.1) is 12.2 Å². The Morgan fingerprint density at radius 3 is 2.50 bits per heavy atom. The van der Waals surface area contributed by atoms with Crippen molar-refractivity contribution in [1.82, 2.24) is 0 Å². The standard InChI is InChI=1S/C14H20N2O2/c1-9-7-16(8-10(2)18-9)12-4-5-14(15)13(6-12)11(3)17/h4-6,9-10H,7-8,15H2,1-3H3. The molecule has 2 N–H and O–H groups in total. The Labute approximate surface area is 108 Å². The molecule has 98 valence electrons. The van der Waals surface area contributed by atoms with Crippen molar-refractivity contribution in [3.63, 3.8) is 0 Å². The lowest BCUT2D eigenvalue weighted by Gasteiger charge is -2.37. The molecule has 4 heteroatoms. The van der Waals surface area contributed by atoms with Gasteiger partial charge in [-0.1, -0.05) is 0 Å². The van der Waals surface area contributed by atoms with Gasteiger partial charge in [0, 0.05) is 30.0 Å². The average Bonchev–Trinajstić information content (AvgIpc) is 2.27. The van der Waals surface area contributed by atoms with Crippen molar-refractivity contribution in [2.45, 2.75) is 33.0 Å². The Bertz CT molecular complexity index is 449. The van der Waals surface area contributed by atoms with E-state index in [0.717, 1.165) is 18.8 Å². The third-order valence-electron chi connectivity index (χ3n) is 3.20. The Balaban J connectivity index is 2.28. The smallest absolute Gasteiger partial charge is 0.161 e. The largest absolute Gasteiger partial charge is 0.398 e. The molecular weight excluding hydrogens is 228 g/mol. The van der Waals surface area contributed by atoms with Gasteiger partial charge in [0.15, 0.2) is 5.78 Å². The van der Waals surface area contributed by atoms with Crippen LogP contribution in [0.15, 0.2) is 18.2 Å². The molecule has 1 saturated heterocycles. The molecule has 0 aliphatic carbocycles. The lowest BCUT2D eigenvalue weighted by molar-refractivity contribution is -0.00521. The van der Waals surface area contributed by atoms with Crippen LogP contribution in [0.5, 0.6) is 0 Å². The van der Waals surface area contributed by atoms with Crippen molar-refractivity contribution in [2.75, 3.05) is 23.7 Å². The van der Waals surface area contributed by atoms with E-state index in [0.29, 0.717) is 11.3 Å². The molecule has 18 heavy (non-hydrogen) atoms. The maximum absolute atomic E-state index is 11.5. The van der Waals surface area contributed by atoms with E-state index in [4.69, 9.17) is 10.5 Å². The van der Waals surface area contributed by atoms with Gasteiger partial charge in [0.1, 0.15) is 0 Å². The molecule has 0 saturated carbocycles. The predicted molar refractivity (Wildman–Crippen MR) is 73.1 cm³/mol. The van der Waals surface area contributed by atoms with Crippen LogP contribution in [0.3, 0.4) is 0 Å². The second-order valence-electron chi connectivity index (χ2n) is 4.99. The summed E-state index contributed by atoms with van der Waals surface area (Å²) in [6.07, 6.45) is 0.402. The monoisotopic (exact) mass is 248 g/mol. The normalized spacial score (nSPS) is 24.1. The van der Waals surface area contributed by atoms with Gasteiger partial charge in [0.2, 0.25) is 0 Å². The van der Waals surface area contributed by atoms with Crippen molar-refractivity contribution in [2.24, 2.45) is 0 Å². The number of nitrogen functional groups attached to an aromatic ring is 1. The van der Waals surface area contributed by atoms with E-state index >= 15 is 0 Å². The summed E-state index contributed by atoms with van der Waals surface area (Å²) in [5, 5.41) is 0. The zero-order chi connectivity index (χ0) is 13.3. The zero-order valence-corrected chi connectivity index (χ0v) is 11.1. The summed E-state index contributed by atoms with van der Waals surface area (Å²) in [4.78, 5) is 13.7. The number of carbonyl (C=O) groups excluding carboxylic acids is 1. The van der Waals surface area contributed by atoms with Crippen molar-refractivity contribution in [3.05, 3.63) is 23.8 Å². The summed E-state index contributed by atoms with van der Waals surface area (Å²) < 4.78 is 5.71.